The molecule has 7 heteroatoms. The molecule has 0 saturated carbocycles. The van der Waals surface area contributed by atoms with E-state index in [1.165, 1.54) is 161 Å². The van der Waals surface area contributed by atoms with E-state index in [0.717, 1.165) is 38.5 Å². The van der Waals surface area contributed by atoms with Gasteiger partial charge in [-0.2, -0.15) is 8.42 Å². The second-order valence-corrected chi connectivity index (χ2v) is 16.1. The number of hydrogen-bond acceptors (Lipinski definition) is 4. The number of allylic oxidation sites excluding steroid dienone is 2. The Morgan fingerprint density at radius 2 is 0.875 bits per heavy atom. The smallest absolute Gasteiger partial charge is 0.266 e. The van der Waals surface area contributed by atoms with Crippen LogP contribution in [-0.2, 0) is 14.9 Å². The molecule has 0 fully saturated rings. The van der Waals surface area contributed by atoms with Crippen molar-refractivity contribution in [2.45, 2.75) is 238 Å². The van der Waals surface area contributed by atoms with Crippen molar-refractivity contribution >= 4 is 16.0 Å². The summed E-state index contributed by atoms with van der Waals surface area (Å²) in [7, 11) is -4.30. The van der Waals surface area contributed by atoms with E-state index in [-0.39, 0.29) is 5.91 Å². The van der Waals surface area contributed by atoms with Gasteiger partial charge in [0.05, 0.1) is 17.9 Å². The van der Waals surface area contributed by atoms with E-state index in [4.69, 9.17) is 0 Å². The van der Waals surface area contributed by atoms with Gasteiger partial charge in [0.1, 0.15) is 0 Å². The highest BCUT2D eigenvalue weighted by molar-refractivity contribution is 7.85. The minimum absolute atomic E-state index is 0.246. The number of aliphatic hydroxyl groups is 1. The first-order chi connectivity index (χ1) is 23.3. The fourth-order valence-electron chi connectivity index (χ4n) is 6.57. The number of carbonyl (C=O) groups is 1. The van der Waals surface area contributed by atoms with Crippen molar-refractivity contribution in [1.29, 1.82) is 0 Å². The molecule has 0 saturated heterocycles. The fourth-order valence-corrected chi connectivity index (χ4v) is 7.33. The molecule has 0 heterocycles. The monoisotopic (exact) mass is 700 g/mol. The van der Waals surface area contributed by atoms with Crippen molar-refractivity contribution in [1.82, 2.24) is 5.32 Å². The van der Waals surface area contributed by atoms with Crippen LogP contribution in [0, 0.1) is 0 Å². The zero-order chi connectivity index (χ0) is 35.4. The first kappa shape index (κ1) is 47.1. The lowest BCUT2D eigenvalue weighted by atomic mass is 10.0. The Labute approximate surface area is 299 Å². The number of hydrogen-bond donors (Lipinski definition) is 3. The molecule has 0 aliphatic carbocycles. The van der Waals surface area contributed by atoms with Crippen molar-refractivity contribution in [3.63, 3.8) is 0 Å². The van der Waals surface area contributed by atoms with Crippen molar-refractivity contribution < 1.29 is 22.9 Å². The van der Waals surface area contributed by atoms with Crippen LogP contribution in [0.3, 0.4) is 0 Å². The van der Waals surface area contributed by atoms with Crippen LogP contribution in [0.1, 0.15) is 226 Å². The van der Waals surface area contributed by atoms with E-state index in [2.05, 4.69) is 31.3 Å². The summed E-state index contributed by atoms with van der Waals surface area (Å²) in [6.07, 6.45) is 43.1. The van der Waals surface area contributed by atoms with Gasteiger partial charge in [-0.1, -0.05) is 193 Å². The summed E-state index contributed by atoms with van der Waals surface area (Å²) in [6, 6.07) is -0.967. The van der Waals surface area contributed by atoms with E-state index in [1.807, 2.05) is 0 Å². The van der Waals surface area contributed by atoms with Crippen LogP contribution in [0.2, 0.25) is 0 Å². The third-order valence-corrected chi connectivity index (χ3v) is 10.5. The van der Waals surface area contributed by atoms with Crippen LogP contribution in [0.5, 0.6) is 0 Å². The molecule has 0 aliphatic rings. The van der Waals surface area contributed by atoms with Crippen molar-refractivity contribution in [3.8, 4) is 0 Å². The van der Waals surface area contributed by atoms with Gasteiger partial charge >= 0.3 is 0 Å². The molecule has 3 N–H and O–H groups in total. The van der Waals surface area contributed by atoms with Crippen LogP contribution >= 0.6 is 0 Å². The molecule has 0 spiro atoms. The van der Waals surface area contributed by atoms with Crippen LogP contribution < -0.4 is 5.32 Å². The zero-order valence-corrected chi connectivity index (χ0v) is 32.7. The number of carbonyl (C=O) groups excluding carboxylic acids is 1. The summed E-state index contributed by atoms with van der Waals surface area (Å²) in [5, 5.41) is 13.3. The minimum atomic E-state index is -4.30. The third-order valence-electron chi connectivity index (χ3n) is 9.72. The first-order valence-corrected chi connectivity index (χ1v) is 22.5. The maximum Gasteiger partial charge on any atom is 0.266 e. The molecule has 48 heavy (non-hydrogen) atoms. The topological polar surface area (TPSA) is 104 Å². The molecule has 0 aromatic heterocycles. The Balaban J connectivity index is 3.79. The average Bonchev–Trinajstić information content (AvgIpc) is 3.05. The Bertz CT molecular complexity index is 816. The average molecular weight is 700 g/mol. The van der Waals surface area contributed by atoms with E-state index in [9.17, 15) is 22.9 Å². The van der Waals surface area contributed by atoms with Crippen LogP contribution in [0.15, 0.2) is 12.2 Å². The summed E-state index contributed by atoms with van der Waals surface area (Å²) in [4.78, 5) is 12.5. The Hall–Kier alpha value is -0.920. The molecule has 0 aromatic carbocycles. The van der Waals surface area contributed by atoms with Gasteiger partial charge in [-0.3, -0.25) is 9.35 Å². The van der Waals surface area contributed by atoms with E-state index < -0.39 is 28.0 Å². The zero-order valence-electron chi connectivity index (χ0n) is 31.9. The van der Waals surface area contributed by atoms with Gasteiger partial charge in [0, 0.05) is 6.42 Å². The highest BCUT2D eigenvalue weighted by Crippen LogP contribution is 2.16. The highest BCUT2D eigenvalue weighted by atomic mass is 32.2. The summed E-state index contributed by atoms with van der Waals surface area (Å²) < 4.78 is 32.5. The van der Waals surface area contributed by atoms with Crippen LogP contribution in [-0.4, -0.2) is 41.9 Å². The Morgan fingerprint density at radius 1 is 0.542 bits per heavy atom. The molecule has 0 aliphatic heterocycles. The number of unbranched alkanes of at least 4 members (excludes halogenated alkanes) is 28. The maximum atomic E-state index is 12.5. The maximum absolute atomic E-state index is 12.5. The van der Waals surface area contributed by atoms with Gasteiger partial charge in [-0.25, -0.2) is 0 Å². The van der Waals surface area contributed by atoms with Crippen LogP contribution in [0.25, 0.3) is 0 Å². The Morgan fingerprint density at radius 3 is 1.25 bits per heavy atom. The standard InChI is InChI=1S/C41H81NO5S/c1-3-5-7-9-11-13-15-17-18-19-20-21-22-23-24-25-27-29-31-33-35-37-41(44)42-39(38-48(45,46)47)40(43)36-34-32-30-28-26-16-14-12-10-8-6-4-2/h19-20,39-40,43H,3-18,21-38H2,1-2H3,(H,42,44)(H,45,46,47)/b20-19-. The number of rotatable bonds is 38. The number of nitrogens with one attached hydrogen (secondary N) is 1. The molecule has 0 bridgehead atoms. The number of amides is 1. The predicted octanol–water partition coefficient (Wildman–Crippen LogP) is 12.2. The molecule has 0 radical (unpaired) electrons. The molecule has 1 amide bonds. The molecule has 0 aromatic rings. The first-order valence-electron chi connectivity index (χ1n) is 20.9. The molecule has 0 rings (SSSR count). The summed E-state index contributed by atoms with van der Waals surface area (Å²) in [5.41, 5.74) is 0. The van der Waals surface area contributed by atoms with Crippen molar-refractivity contribution in [2.75, 3.05) is 5.75 Å². The van der Waals surface area contributed by atoms with E-state index in [0.29, 0.717) is 12.8 Å². The molecular weight excluding hydrogens is 619 g/mol. The van der Waals surface area contributed by atoms with E-state index in [1.54, 1.807) is 0 Å². The Kier molecular flexibility index (Phi) is 35.2. The summed E-state index contributed by atoms with van der Waals surface area (Å²) in [5.74, 6) is -0.891. The normalized spacial score (nSPS) is 13.3. The molecule has 286 valence electrons. The van der Waals surface area contributed by atoms with Crippen LogP contribution in [0.4, 0.5) is 0 Å². The van der Waals surface area contributed by atoms with Gasteiger partial charge in [-0.05, 0) is 38.5 Å². The second kappa shape index (κ2) is 35.9. The van der Waals surface area contributed by atoms with E-state index >= 15 is 0 Å². The summed E-state index contributed by atoms with van der Waals surface area (Å²) in [6.45, 7) is 4.52. The lowest BCUT2D eigenvalue weighted by molar-refractivity contribution is -0.122. The van der Waals surface area contributed by atoms with Crippen molar-refractivity contribution in [3.05, 3.63) is 12.2 Å². The van der Waals surface area contributed by atoms with Gasteiger partial charge in [0.15, 0.2) is 0 Å². The second-order valence-electron chi connectivity index (χ2n) is 14.6. The highest BCUT2D eigenvalue weighted by Gasteiger charge is 2.26. The van der Waals surface area contributed by atoms with Gasteiger partial charge in [0.25, 0.3) is 10.1 Å². The van der Waals surface area contributed by atoms with Gasteiger partial charge in [-0.15, -0.1) is 0 Å². The minimum Gasteiger partial charge on any atom is -0.391 e. The largest absolute Gasteiger partial charge is 0.391 e. The van der Waals surface area contributed by atoms with Gasteiger partial charge in [0.2, 0.25) is 5.91 Å². The lowest BCUT2D eigenvalue weighted by Gasteiger charge is -2.23. The predicted molar refractivity (Wildman–Crippen MR) is 207 cm³/mol. The fraction of sp³-hybridized carbons (Fsp3) is 0.927. The quantitative estimate of drug-likeness (QED) is 0.0338. The lowest BCUT2D eigenvalue weighted by Crippen LogP contribution is -2.47. The molecule has 2 unspecified atom stereocenters. The molecule has 2 atom stereocenters. The van der Waals surface area contributed by atoms with Crippen molar-refractivity contribution in [2.24, 2.45) is 0 Å². The number of aliphatic hydroxyl groups excluding tert-OH is 1. The molecular formula is C41H81NO5S. The molecule has 6 nitrogen and oxygen atoms in total. The van der Waals surface area contributed by atoms with Gasteiger partial charge < -0.3 is 10.4 Å². The SMILES string of the molecule is CCCCCCCCCC/C=C\CCCCCCCCCCCC(=O)NC(CS(=O)(=O)O)C(O)CCCCCCCCCCCCCC. The third kappa shape index (κ3) is 36.4. The summed E-state index contributed by atoms with van der Waals surface area (Å²) >= 11 is 0.